The van der Waals surface area contributed by atoms with Crippen LogP contribution < -0.4 is 14.9 Å². The van der Waals surface area contributed by atoms with Gasteiger partial charge in [-0.1, -0.05) is 41.9 Å². The topological polar surface area (TPSA) is 77.0 Å². The minimum atomic E-state index is 0.320. The van der Waals surface area contributed by atoms with Crippen molar-refractivity contribution >= 4 is 23.8 Å². The molecule has 0 saturated carbocycles. The van der Waals surface area contributed by atoms with E-state index in [1.54, 1.807) is 24.2 Å². The smallest absolute Gasteiger partial charge is 0.214 e. The van der Waals surface area contributed by atoms with Crippen LogP contribution in [0.15, 0.2) is 67.0 Å². The lowest BCUT2D eigenvalue weighted by Crippen LogP contribution is -2.16. The van der Waals surface area contributed by atoms with Crippen molar-refractivity contribution in [1.82, 2.24) is 19.9 Å². The average molecular weight is 454 g/mol. The Morgan fingerprint density at radius 1 is 1.06 bits per heavy atom. The van der Waals surface area contributed by atoms with Gasteiger partial charge < -0.3 is 14.9 Å². The summed E-state index contributed by atoms with van der Waals surface area (Å²) in [7, 11) is 1.61. The Kier molecular flexibility index (Phi) is 6.49. The van der Waals surface area contributed by atoms with E-state index in [-0.39, 0.29) is 0 Å². The minimum absolute atomic E-state index is 0.320. The highest BCUT2D eigenvalue weighted by atomic mass is 35.5. The monoisotopic (exact) mass is 453 g/mol. The largest absolute Gasteiger partial charge is 0.493 e. The molecule has 4 aromatic rings. The number of pyridine rings is 1. The molecule has 158 valence electrons. The van der Waals surface area contributed by atoms with E-state index in [1.807, 2.05) is 54.6 Å². The van der Waals surface area contributed by atoms with E-state index in [2.05, 4.69) is 20.6 Å². The molecule has 2 aromatic carbocycles. The van der Waals surface area contributed by atoms with Crippen LogP contribution in [-0.2, 0) is 13.2 Å². The van der Waals surface area contributed by atoms with Crippen molar-refractivity contribution in [2.75, 3.05) is 12.5 Å². The molecule has 7 nitrogen and oxygen atoms in total. The molecule has 2 N–H and O–H groups in total. The van der Waals surface area contributed by atoms with Crippen LogP contribution in [0.4, 0.5) is 0 Å². The molecule has 31 heavy (non-hydrogen) atoms. The Bertz CT molecular complexity index is 1230. The summed E-state index contributed by atoms with van der Waals surface area (Å²) in [4.78, 5) is 4.05. The van der Waals surface area contributed by atoms with E-state index in [1.165, 1.54) is 0 Å². The van der Waals surface area contributed by atoms with Gasteiger partial charge in [-0.3, -0.25) is 4.98 Å². The summed E-state index contributed by atoms with van der Waals surface area (Å²) in [6.07, 6.45) is 3.42. The van der Waals surface area contributed by atoms with Gasteiger partial charge in [0.1, 0.15) is 6.61 Å². The lowest BCUT2D eigenvalue weighted by Gasteiger charge is -2.17. The molecule has 0 fully saturated rings. The lowest BCUT2D eigenvalue weighted by molar-refractivity contribution is 0.281. The number of hydrogen-bond donors (Lipinski definition) is 2. The summed E-state index contributed by atoms with van der Waals surface area (Å²) in [5.41, 5.74) is 5.99. The number of aromatic nitrogens is 4. The summed E-state index contributed by atoms with van der Waals surface area (Å²) in [6, 6.07) is 17.1. The number of para-hydroxylation sites is 1. The lowest BCUT2D eigenvalue weighted by atomic mass is 10.2. The van der Waals surface area contributed by atoms with Crippen LogP contribution in [0.2, 0.25) is 5.02 Å². The second kappa shape index (κ2) is 9.63. The third-order valence-corrected chi connectivity index (χ3v) is 5.29. The fraction of sp³-hybridized carbons (Fsp3) is 0.136. The van der Waals surface area contributed by atoms with Crippen molar-refractivity contribution in [1.29, 1.82) is 0 Å². The molecule has 0 spiro atoms. The molecular weight excluding hydrogens is 434 g/mol. The summed E-state index contributed by atoms with van der Waals surface area (Å²) in [5, 5.41) is 7.81. The van der Waals surface area contributed by atoms with Gasteiger partial charge in [-0.25, -0.2) is 9.77 Å². The second-order valence-electron chi connectivity index (χ2n) is 6.59. The SMILES string of the molecule is COc1cccc(CNn2c(-c3ccncc3)n[nH]c2=S)c1OCc1ccccc1Cl. The Labute approximate surface area is 189 Å². The van der Waals surface area contributed by atoms with Crippen molar-refractivity contribution in [3.63, 3.8) is 0 Å². The van der Waals surface area contributed by atoms with Gasteiger partial charge in [0.25, 0.3) is 0 Å². The van der Waals surface area contributed by atoms with Crippen LogP contribution >= 0.6 is 23.8 Å². The first-order valence-electron chi connectivity index (χ1n) is 9.51. The van der Waals surface area contributed by atoms with Crippen molar-refractivity contribution in [3.05, 3.63) is 87.9 Å². The van der Waals surface area contributed by atoms with Crippen molar-refractivity contribution in [2.45, 2.75) is 13.2 Å². The van der Waals surface area contributed by atoms with Crippen LogP contribution in [0, 0.1) is 4.77 Å². The fourth-order valence-electron chi connectivity index (χ4n) is 3.09. The van der Waals surface area contributed by atoms with E-state index < -0.39 is 0 Å². The number of nitrogens with zero attached hydrogens (tertiary/aromatic N) is 3. The number of halogens is 1. The predicted octanol–water partition coefficient (Wildman–Crippen LogP) is 4.99. The van der Waals surface area contributed by atoms with Gasteiger partial charge in [-0.2, -0.15) is 5.10 Å². The molecule has 9 heteroatoms. The van der Waals surface area contributed by atoms with Gasteiger partial charge in [0.15, 0.2) is 17.3 Å². The number of H-pyrrole nitrogens is 1. The first-order valence-corrected chi connectivity index (χ1v) is 10.3. The first kappa shape index (κ1) is 20.9. The predicted molar refractivity (Wildman–Crippen MR) is 122 cm³/mol. The average Bonchev–Trinajstić information content (AvgIpc) is 3.18. The third-order valence-electron chi connectivity index (χ3n) is 4.65. The molecule has 0 aliphatic heterocycles. The quantitative estimate of drug-likeness (QED) is 0.366. The zero-order valence-corrected chi connectivity index (χ0v) is 18.3. The van der Waals surface area contributed by atoms with Crippen LogP contribution in [0.25, 0.3) is 11.4 Å². The highest BCUT2D eigenvalue weighted by Crippen LogP contribution is 2.32. The molecule has 0 aliphatic carbocycles. The molecule has 0 bridgehead atoms. The molecular formula is C22H20ClN5O2S. The number of hydrogen-bond acceptors (Lipinski definition) is 6. The number of ether oxygens (including phenoxy) is 2. The number of nitrogens with one attached hydrogen (secondary N) is 2. The van der Waals surface area contributed by atoms with Crippen molar-refractivity contribution < 1.29 is 9.47 Å². The molecule has 0 unspecified atom stereocenters. The maximum Gasteiger partial charge on any atom is 0.214 e. The normalized spacial score (nSPS) is 10.6. The number of benzene rings is 2. The van der Waals surface area contributed by atoms with Crippen molar-refractivity contribution in [3.8, 4) is 22.9 Å². The van der Waals surface area contributed by atoms with Crippen LogP contribution in [0.5, 0.6) is 11.5 Å². The van der Waals surface area contributed by atoms with E-state index in [9.17, 15) is 0 Å². The van der Waals surface area contributed by atoms with Gasteiger partial charge in [-0.05, 0) is 36.5 Å². The van der Waals surface area contributed by atoms with E-state index >= 15 is 0 Å². The van der Waals surface area contributed by atoms with Crippen LogP contribution in [-0.4, -0.2) is 27.0 Å². The third kappa shape index (κ3) is 4.70. The molecule has 0 radical (unpaired) electrons. The Hall–Kier alpha value is -3.36. The van der Waals surface area contributed by atoms with E-state index in [0.29, 0.717) is 40.3 Å². The number of rotatable bonds is 8. The number of methoxy groups -OCH3 is 1. The molecule has 2 heterocycles. The first-order chi connectivity index (χ1) is 15.2. The minimum Gasteiger partial charge on any atom is -0.493 e. The van der Waals surface area contributed by atoms with Gasteiger partial charge in [0.05, 0.1) is 13.7 Å². The van der Waals surface area contributed by atoms with Crippen LogP contribution in [0.3, 0.4) is 0 Å². The summed E-state index contributed by atoms with van der Waals surface area (Å²) < 4.78 is 13.8. The van der Waals surface area contributed by atoms with Gasteiger partial charge >= 0.3 is 0 Å². The molecule has 2 aromatic heterocycles. The highest BCUT2D eigenvalue weighted by Gasteiger charge is 2.14. The maximum atomic E-state index is 6.27. The fourth-order valence-corrected chi connectivity index (χ4v) is 3.48. The zero-order chi connectivity index (χ0) is 21.6. The second-order valence-corrected chi connectivity index (χ2v) is 7.38. The van der Waals surface area contributed by atoms with Gasteiger partial charge in [-0.15, -0.1) is 0 Å². The highest BCUT2D eigenvalue weighted by molar-refractivity contribution is 7.71. The Morgan fingerprint density at radius 2 is 1.84 bits per heavy atom. The van der Waals surface area contributed by atoms with E-state index in [4.69, 9.17) is 33.3 Å². The molecule has 4 rings (SSSR count). The Balaban J connectivity index is 1.58. The number of aromatic amines is 1. The van der Waals surface area contributed by atoms with Crippen LogP contribution in [0.1, 0.15) is 11.1 Å². The summed E-state index contributed by atoms with van der Waals surface area (Å²) in [6.45, 7) is 0.751. The van der Waals surface area contributed by atoms with Gasteiger partial charge in [0, 0.05) is 34.1 Å². The summed E-state index contributed by atoms with van der Waals surface area (Å²) in [5.74, 6) is 1.93. The maximum absolute atomic E-state index is 6.27. The molecule has 0 aliphatic rings. The molecule has 0 saturated heterocycles. The van der Waals surface area contributed by atoms with Gasteiger partial charge in [0.2, 0.25) is 4.77 Å². The standard InChI is InChI=1S/C22H20ClN5O2S/c1-29-19-8-4-6-16(20(19)30-14-17-5-2-3-7-18(17)23)13-25-28-21(26-27-22(28)31)15-9-11-24-12-10-15/h2-12,25H,13-14H2,1H3,(H,27,31). The summed E-state index contributed by atoms with van der Waals surface area (Å²) >= 11 is 11.7. The van der Waals surface area contributed by atoms with E-state index in [0.717, 1.165) is 16.7 Å². The van der Waals surface area contributed by atoms with Crippen molar-refractivity contribution in [2.24, 2.45) is 0 Å². The Morgan fingerprint density at radius 3 is 2.61 bits per heavy atom. The molecule has 0 amide bonds. The zero-order valence-electron chi connectivity index (χ0n) is 16.7. The molecule has 0 atom stereocenters.